The van der Waals surface area contributed by atoms with Crippen molar-refractivity contribution in [2.45, 2.75) is 73.7 Å². The molecule has 3 rings (SSSR count). The second-order valence-electron chi connectivity index (χ2n) is 10.4. The van der Waals surface area contributed by atoms with Crippen LogP contribution < -0.4 is 27.3 Å². The van der Waals surface area contributed by atoms with E-state index >= 15 is 0 Å². The Labute approximate surface area is 236 Å². The molecule has 3 aromatic rings. The van der Waals surface area contributed by atoms with Crippen LogP contribution in [0, 0.1) is 27.7 Å². The fraction of sp³-hybridized carbons (Fsp3) is 0.462. The predicted molar refractivity (Wildman–Crippen MR) is 151 cm³/mol. The fourth-order valence-corrected chi connectivity index (χ4v) is 4.28. The Morgan fingerprint density at radius 2 is 1.70 bits per heavy atom. The largest absolute Gasteiger partial charge is 0.444 e. The number of aromatic nitrogens is 5. The lowest BCUT2D eigenvalue weighted by molar-refractivity contribution is -0.121. The minimum atomic E-state index is -0.690. The summed E-state index contributed by atoms with van der Waals surface area (Å²) >= 11 is 6.25. The summed E-state index contributed by atoms with van der Waals surface area (Å²) in [5.74, 6) is -0.102. The Morgan fingerprint density at radius 3 is 2.27 bits per heavy atom. The molecule has 0 radical (unpaired) electrons. The maximum Gasteiger partial charge on any atom is 0.413 e. The Morgan fingerprint density at radius 1 is 1.02 bits per heavy atom. The van der Waals surface area contributed by atoms with E-state index in [1.807, 2.05) is 6.92 Å². The van der Waals surface area contributed by atoms with E-state index in [1.54, 1.807) is 54.7 Å². The number of hydrogen-bond acceptors (Lipinski definition) is 8. The highest BCUT2D eigenvalue weighted by Gasteiger charge is 2.18. The number of halogens is 1. The third-order valence-electron chi connectivity index (χ3n) is 6.03. The first-order valence-electron chi connectivity index (χ1n) is 12.6. The molecule has 216 valence electrons. The summed E-state index contributed by atoms with van der Waals surface area (Å²) in [4.78, 5) is 54.9. The number of hydrogen-bond donors (Lipinski definition) is 3. The Bertz CT molecular complexity index is 1540. The van der Waals surface area contributed by atoms with Gasteiger partial charge in [-0.1, -0.05) is 11.6 Å². The second-order valence-corrected chi connectivity index (χ2v) is 10.8. The van der Waals surface area contributed by atoms with Crippen LogP contribution in [0.25, 0.3) is 0 Å². The van der Waals surface area contributed by atoms with Gasteiger partial charge in [0.05, 0.1) is 12.2 Å². The number of rotatable bonds is 8. The average molecular weight is 575 g/mol. The van der Waals surface area contributed by atoms with Gasteiger partial charge in [-0.2, -0.15) is 9.77 Å². The smallest absolute Gasteiger partial charge is 0.413 e. The molecule has 40 heavy (non-hydrogen) atoms. The van der Waals surface area contributed by atoms with Crippen molar-refractivity contribution in [2.75, 3.05) is 10.7 Å². The van der Waals surface area contributed by atoms with Gasteiger partial charge in [0, 0.05) is 36.6 Å². The SMILES string of the molecule is Cc1cc(NC(=O)OC(C)(C)C)nc(C)c1CNC(=O)Cn1c(C)cc(=O)n(NCc2c(C)nn(C)c2Cl)c1=O. The van der Waals surface area contributed by atoms with E-state index in [1.165, 1.54) is 15.3 Å². The first-order chi connectivity index (χ1) is 18.6. The molecule has 0 bridgehead atoms. The minimum absolute atomic E-state index is 0.0905. The van der Waals surface area contributed by atoms with Gasteiger partial charge in [0.25, 0.3) is 5.56 Å². The number of carbonyl (C=O) groups is 2. The van der Waals surface area contributed by atoms with Crippen LogP contribution in [0.2, 0.25) is 5.15 Å². The van der Waals surface area contributed by atoms with E-state index in [2.05, 4.69) is 26.1 Å². The number of amides is 2. The van der Waals surface area contributed by atoms with E-state index in [0.29, 0.717) is 33.6 Å². The highest BCUT2D eigenvalue weighted by molar-refractivity contribution is 6.30. The number of aryl methyl sites for hydroxylation is 5. The summed E-state index contributed by atoms with van der Waals surface area (Å²) in [7, 11) is 1.69. The van der Waals surface area contributed by atoms with Crippen LogP contribution in [-0.4, -0.2) is 41.6 Å². The van der Waals surface area contributed by atoms with Gasteiger partial charge in [0.1, 0.15) is 23.1 Å². The summed E-state index contributed by atoms with van der Waals surface area (Å²) in [6.07, 6.45) is -0.616. The normalized spacial score (nSPS) is 11.3. The van der Waals surface area contributed by atoms with E-state index in [9.17, 15) is 19.2 Å². The van der Waals surface area contributed by atoms with Crippen LogP contribution in [0.4, 0.5) is 10.6 Å². The van der Waals surface area contributed by atoms with Crippen LogP contribution in [0.1, 0.15) is 54.5 Å². The molecule has 13 nitrogen and oxygen atoms in total. The van der Waals surface area contributed by atoms with Crippen LogP contribution in [0.15, 0.2) is 21.7 Å². The Hall–Kier alpha value is -4.13. The van der Waals surface area contributed by atoms with Gasteiger partial charge in [-0.15, -0.1) is 0 Å². The molecular weight excluding hydrogens is 540 g/mol. The number of ether oxygens (including phenoxy) is 1. The number of anilines is 1. The molecule has 0 atom stereocenters. The van der Waals surface area contributed by atoms with Gasteiger partial charge in [-0.05, 0) is 65.7 Å². The van der Waals surface area contributed by atoms with Crippen molar-refractivity contribution in [1.82, 2.24) is 29.3 Å². The van der Waals surface area contributed by atoms with Crippen LogP contribution in [0.3, 0.4) is 0 Å². The third-order valence-corrected chi connectivity index (χ3v) is 6.50. The first kappa shape index (κ1) is 30.4. The topological polar surface area (TPSA) is 154 Å². The van der Waals surface area contributed by atoms with E-state index in [-0.39, 0.29) is 19.6 Å². The summed E-state index contributed by atoms with van der Waals surface area (Å²) in [5.41, 5.74) is 4.72. The summed E-state index contributed by atoms with van der Waals surface area (Å²) in [6.45, 7) is 12.2. The average Bonchev–Trinajstić information content (AvgIpc) is 3.05. The molecule has 0 saturated heterocycles. The number of nitrogens with zero attached hydrogens (tertiary/aromatic N) is 5. The fourth-order valence-electron chi connectivity index (χ4n) is 4.04. The zero-order chi connectivity index (χ0) is 29.9. The Kier molecular flexibility index (Phi) is 9.08. The van der Waals surface area contributed by atoms with Crippen LogP contribution in [-0.2, 0) is 36.2 Å². The van der Waals surface area contributed by atoms with Gasteiger partial charge in [-0.25, -0.2) is 14.6 Å². The number of carbonyl (C=O) groups excluding carboxylic acids is 2. The van der Waals surface area contributed by atoms with Gasteiger partial charge in [0.15, 0.2) is 0 Å². The quantitative estimate of drug-likeness (QED) is 0.370. The standard InChI is InChI=1S/C26H35ClN8O5/c1-14-9-20(31-24(38)40-26(5,6)7)30-16(3)18(14)11-28-21(36)13-34-15(2)10-22(37)35(25(34)39)29-12-19-17(4)32-33(8)23(19)27/h9-10,29H,11-13H2,1-8H3,(H,28,36)(H,30,31,38). The lowest BCUT2D eigenvalue weighted by Gasteiger charge is -2.20. The molecule has 3 heterocycles. The first-order valence-corrected chi connectivity index (χ1v) is 12.9. The highest BCUT2D eigenvalue weighted by atomic mass is 35.5. The zero-order valence-electron chi connectivity index (χ0n) is 23.9. The molecule has 3 N–H and O–H groups in total. The van der Waals surface area contributed by atoms with Gasteiger partial charge < -0.3 is 15.5 Å². The maximum absolute atomic E-state index is 13.1. The third kappa shape index (κ3) is 7.29. The van der Waals surface area contributed by atoms with Gasteiger partial charge in [0.2, 0.25) is 5.91 Å². The molecule has 0 saturated carbocycles. The van der Waals surface area contributed by atoms with Gasteiger partial charge in [-0.3, -0.25) is 24.2 Å². The number of pyridine rings is 1. The molecule has 2 amide bonds. The van der Waals surface area contributed by atoms with E-state index in [0.717, 1.165) is 15.8 Å². The summed E-state index contributed by atoms with van der Waals surface area (Å²) < 4.78 is 8.81. The van der Waals surface area contributed by atoms with Gasteiger partial charge >= 0.3 is 11.8 Å². The lowest BCUT2D eigenvalue weighted by Crippen LogP contribution is -2.46. The van der Waals surface area contributed by atoms with E-state index in [4.69, 9.17) is 16.3 Å². The van der Waals surface area contributed by atoms with Crippen molar-refractivity contribution < 1.29 is 14.3 Å². The number of nitrogens with one attached hydrogen (secondary N) is 3. The van der Waals surface area contributed by atoms with Crippen molar-refractivity contribution in [3.05, 3.63) is 71.9 Å². The van der Waals surface area contributed by atoms with Crippen molar-refractivity contribution in [3.63, 3.8) is 0 Å². The Balaban J connectivity index is 1.70. The summed E-state index contributed by atoms with van der Waals surface area (Å²) in [5, 5.41) is 10.0. The highest BCUT2D eigenvalue weighted by Crippen LogP contribution is 2.19. The molecule has 0 unspecified atom stereocenters. The monoisotopic (exact) mass is 574 g/mol. The zero-order valence-corrected chi connectivity index (χ0v) is 24.7. The van der Waals surface area contributed by atoms with Crippen molar-refractivity contribution in [1.29, 1.82) is 0 Å². The van der Waals surface area contributed by atoms with Crippen molar-refractivity contribution in [3.8, 4) is 0 Å². The predicted octanol–water partition coefficient (Wildman–Crippen LogP) is 2.43. The summed E-state index contributed by atoms with van der Waals surface area (Å²) in [6, 6.07) is 2.96. The molecule has 0 aliphatic heterocycles. The maximum atomic E-state index is 13.1. The van der Waals surface area contributed by atoms with Crippen molar-refractivity contribution in [2.24, 2.45) is 7.05 Å². The molecule has 0 spiro atoms. The van der Waals surface area contributed by atoms with Crippen molar-refractivity contribution >= 4 is 29.4 Å². The molecule has 0 fully saturated rings. The molecule has 0 aliphatic rings. The second kappa shape index (κ2) is 11.9. The molecule has 0 aliphatic carbocycles. The van der Waals surface area contributed by atoms with Crippen LogP contribution in [0.5, 0.6) is 0 Å². The molecule has 3 aromatic heterocycles. The molecular formula is C26H35ClN8O5. The minimum Gasteiger partial charge on any atom is -0.444 e. The van der Waals surface area contributed by atoms with E-state index < -0.39 is 28.9 Å². The molecule has 0 aromatic carbocycles. The molecule has 14 heteroatoms. The lowest BCUT2D eigenvalue weighted by atomic mass is 10.1. The van der Waals surface area contributed by atoms with Crippen LogP contribution >= 0.6 is 11.6 Å².